The van der Waals surface area contributed by atoms with Gasteiger partial charge in [-0.05, 0) is 89.6 Å². The fourth-order valence-corrected chi connectivity index (χ4v) is 7.37. The Kier molecular flexibility index (Phi) is 11.7. The van der Waals surface area contributed by atoms with E-state index in [0.717, 1.165) is 25.7 Å². The Morgan fingerprint density at radius 3 is 2.55 bits per heavy atom. The van der Waals surface area contributed by atoms with E-state index in [2.05, 4.69) is 9.82 Å². The van der Waals surface area contributed by atoms with Gasteiger partial charge in [0.1, 0.15) is 18.0 Å². The fourth-order valence-electron chi connectivity index (χ4n) is 5.80. The number of carbonyl (C=O) groups is 2. The van der Waals surface area contributed by atoms with Gasteiger partial charge in [0.25, 0.3) is 0 Å². The van der Waals surface area contributed by atoms with Gasteiger partial charge in [0.2, 0.25) is 10.0 Å². The number of benzene rings is 2. The summed E-state index contributed by atoms with van der Waals surface area (Å²) in [5, 5.41) is 4.85. The number of esters is 1. The summed E-state index contributed by atoms with van der Waals surface area (Å²) in [6, 6.07) is 12.4. The van der Waals surface area contributed by atoms with E-state index >= 15 is 0 Å². The topological polar surface area (TPSA) is 148 Å². The molecule has 14 heteroatoms. The summed E-state index contributed by atoms with van der Waals surface area (Å²) in [6.45, 7) is 8.40. The molecule has 1 aliphatic carbocycles. The van der Waals surface area contributed by atoms with Crippen molar-refractivity contribution in [3.63, 3.8) is 0 Å². The normalized spacial score (nSPS) is 17.6. The third-order valence-electron chi connectivity index (χ3n) is 8.54. The van der Waals surface area contributed by atoms with E-state index in [-0.39, 0.29) is 43.5 Å². The molecule has 0 bridgehead atoms. The van der Waals surface area contributed by atoms with Crippen LogP contribution in [0.3, 0.4) is 0 Å². The first-order valence-corrected chi connectivity index (χ1v) is 18.5. The molecule has 2 aliphatic rings. The van der Waals surface area contributed by atoms with Crippen LogP contribution in [0.15, 0.2) is 42.5 Å². The maximum atomic E-state index is 13.4. The largest absolute Gasteiger partial charge is 0.492 e. The summed E-state index contributed by atoms with van der Waals surface area (Å²) in [6.07, 6.45) is 3.52. The minimum atomic E-state index is -3.48. The van der Waals surface area contributed by atoms with Crippen molar-refractivity contribution >= 4 is 38.7 Å². The first-order valence-electron chi connectivity index (χ1n) is 16.9. The van der Waals surface area contributed by atoms with Crippen LogP contribution in [0, 0.1) is 0 Å². The van der Waals surface area contributed by atoms with Crippen LogP contribution in [-0.2, 0) is 29.0 Å². The van der Waals surface area contributed by atoms with Crippen molar-refractivity contribution in [3.8, 4) is 5.75 Å². The quantitative estimate of drug-likeness (QED) is 0.193. The van der Waals surface area contributed by atoms with Crippen LogP contribution < -0.4 is 9.46 Å². The highest BCUT2D eigenvalue weighted by Crippen LogP contribution is 2.32. The van der Waals surface area contributed by atoms with Crippen molar-refractivity contribution < 1.29 is 41.7 Å². The molecule has 1 saturated heterocycles. The highest BCUT2D eigenvalue weighted by Gasteiger charge is 2.32. The molecule has 5 rings (SSSR count). The standard InChI is InChI=1S/C35H48N4O9S/c1-6-45-33(40)32-28-17-16-26(22-29(28)39(36-32)31-15-7-8-19-47-31)46-20-18-38(34(41)48-35(2,3)4)23-30(44-5)24-11-9-12-25(21-24)37-49(42,43)27-13-10-14-27/h9,11-12,16-17,21-22,27,30-31,37H,6-8,10,13-15,18-20,23H2,1-5H3/t30-,31?/m0/s1. The molecule has 0 radical (unpaired) electrons. The maximum Gasteiger partial charge on any atom is 0.410 e. The Hall–Kier alpha value is -3.88. The molecule has 0 spiro atoms. The second-order valence-electron chi connectivity index (χ2n) is 13.3. The van der Waals surface area contributed by atoms with E-state index in [4.69, 9.17) is 23.7 Å². The van der Waals surface area contributed by atoms with Crippen molar-refractivity contribution in [2.45, 2.75) is 89.4 Å². The number of ether oxygens (including phenoxy) is 5. The number of sulfonamides is 1. The molecule has 2 heterocycles. The van der Waals surface area contributed by atoms with Gasteiger partial charge in [-0.15, -0.1) is 0 Å². The molecule has 1 amide bonds. The molecule has 49 heavy (non-hydrogen) atoms. The molecule has 3 aromatic rings. The first-order chi connectivity index (χ1) is 23.4. The number of methoxy groups -OCH3 is 1. The molecular weight excluding hydrogens is 652 g/mol. The molecule has 1 unspecified atom stereocenters. The van der Waals surface area contributed by atoms with Gasteiger partial charge < -0.3 is 28.6 Å². The molecule has 2 aromatic carbocycles. The molecule has 1 aromatic heterocycles. The summed E-state index contributed by atoms with van der Waals surface area (Å²) in [7, 11) is -1.94. The van der Waals surface area contributed by atoms with E-state index in [0.29, 0.717) is 47.4 Å². The van der Waals surface area contributed by atoms with Crippen LogP contribution in [0.4, 0.5) is 10.5 Å². The highest BCUT2D eigenvalue weighted by atomic mass is 32.2. The molecule has 1 aliphatic heterocycles. The predicted molar refractivity (Wildman–Crippen MR) is 184 cm³/mol. The van der Waals surface area contributed by atoms with Crippen LogP contribution in [0.2, 0.25) is 0 Å². The van der Waals surface area contributed by atoms with Crippen molar-refractivity contribution in [2.24, 2.45) is 0 Å². The third-order valence-corrected chi connectivity index (χ3v) is 10.4. The Morgan fingerprint density at radius 2 is 1.90 bits per heavy atom. The van der Waals surface area contributed by atoms with E-state index in [9.17, 15) is 18.0 Å². The van der Waals surface area contributed by atoms with Gasteiger partial charge in [-0.25, -0.2) is 22.7 Å². The Balaban J connectivity index is 1.32. The van der Waals surface area contributed by atoms with Gasteiger partial charge in [-0.2, -0.15) is 5.10 Å². The van der Waals surface area contributed by atoms with E-state index < -0.39 is 33.8 Å². The zero-order valence-corrected chi connectivity index (χ0v) is 29.8. The minimum absolute atomic E-state index is 0.126. The summed E-state index contributed by atoms with van der Waals surface area (Å²) >= 11 is 0. The van der Waals surface area contributed by atoms with E-state index in [1.807, 2.05) is 12.1 Å². The monoisotopic (exact) mass is 700 g/mol. The maximum absolute atomic E-state index is 13.4. The zero-order chi connectivity index (χ0) is 35.2. The van der Waals surface area contributed by atoms with Crippen LogP contribution in [-0.4, -0.2) is 86.0 Å². The highest BCUT2D eigenvalue weighted by molar-refractivity contribution is 7.93. The van der Waals surface area contributed by atoms with E-state index in [1.54, 1.807) is 69.8 Å². The Morgan fingerprint density at radius 1 is 1.10 bits per heavy atom. The van der Waals surface area contributed by atoms with Gasteiger partial charge in [0.15, 0.2) is 11.9 Å². The van der Waals surface area contributed by atoms with Crippen molar-refractivity contribution in [1.82, 2.24) is 14.7 Å². The van der Waals surface area contributed by atoms with Crippen LogP contribution in [0.25, 0.3) is 10.9 Å². The second-order valence-corrected chi connectivity index (χ2v) is 15.3. The number of nitrogens with one attached hydrogen (secondary N) is 1. The fraction of sp³-hybridized carbons (Fsp3) is 0.571. The molecule has 2 atom stereocenters. The Bertz CT molecular complexity index is 1710. The molecule has 1 saturated carbocycles. The number of carbonyl (C=O) groups excluding carboxylic acids is 2. The van der Waals surface area contributed by atoms with Gasteiger partial charge >= 0.3 is 12.1 Å². The molecule has 2 fully saturated rings. The average molecular weight is 701 g/mol. The SMILES string of the molecule is CCOC(=O)c1nn(C2CCCCO2)c2cc(OCCN(C[C@H](OC)c3cccc(NS(=O)(=O)C4CCC4)c3)C(=O)OC(C)(C)C)ccc12. The molecule has 1 N–H and O–H groups in total. The summed E-state index contributed by atoms with van der Waals surface area (Å²) < 4.78 is 58.8. The van der Waals surface area contributed by atoms with Crippen molar-refractivity contribution in [1.29, 1.82) is 0 Å². The summed E-state index contributed by atoms with van der Waals surface area (Å²) in [5.74, 6) is 0.0245. The van der Waals surface area contributed by atoms with Crippen LogP contribution in [0.1, 0.15) is 94.6 Å². The average Bonchev–Trinajstić information content (AvgIpc) is 3.40. The number of nitrogens with zero attached hydrogens (tertiary/aromatic N) is 3. The lowest BCUT2D eigenvalue weighted by molar-refractivity contribution is -0.0369. The molecular formula is C35H48N4O9S. The minimum Gasteiger partial charge on any atom is -0.492 e. The lowest BCUT2D eigenvalue weighted by atomic mass is 10.0. The number of aromatic nitrogens is 2. The number of amides is 1. The molecule has 268 valence electrons. The van der Waals surface area contributed by atoms with Crippen LogP contribution >= 0.6 is 0 Å². The number of rotatable bonds is 14. The van der Waals surface area contributed by atoms with E-state index in [1.165, 1.54) is 4.90 Å². The summed E-state index contributed by atoms with van der Waals surface area (Å²) in [4.78, 5) is 27.6. The van der Waals surface area contributed by atoms with Crippen molar-refractivity contribution in [3.05, 3.63) is 53.7 Å². The van der Waals surface area contributed by atoms with Crippen molar-refractivity contribution in [2.75, 3.05) is 44.7 Å². The Labute approximate surface area is 288 Å². The summed E-state index contributed by atoms with van der Waals surface area (Å²) in [5.41, 5.74) is 1.31. The second kappa shape index (κ2) is 15.8. The third kappa shape index (κ3) is 9.22. The molecule has 13 nitrogen and oxygen atoms in total. The van der Waals surface area contributed by atoms with Gasteiger partial charge in [0, 0.05) is 30.9 Å². The number of fused-ring (bicyclic) bond motifs is 1. The number of hydrogen-bond donors (Lipinski definition) is 1. The number of anilines is 1. The first kappa shape index (κ1) is 36.4. The van der Waals surface area contributed by atoms with Gasteiger partial charge in [-0.3, -0.25) is 4.72 Å². The lowest BCUT2D eigenvalue weighted by Crippen LogP contribution is -2.41. The lowest BCUT2D eigenvalue weighted by Gasteiger charge is -2.30. The van der Waals surface area contributed by atoms with Gasteiger partial charge in [-0.1, -0.05) is 18.6 Å². The smallest absolute Gasteiger partial charge is 0.410 e. The van der Waals surface area contributed by atoms with Gasteiger partial charge in [0.05, 0.1) is 36.6 Å². The van der Waals surface area contributed by atoms with Crippen LogP contribution in [0.5, 0.6) is 5.75 Å². The predicted octanol–water partition coefficient (Wildman–Crippen LogP) is 6.21. The zero-order valence-electron chi connectivity index (χ0n) is 29.0. The number of hydrogen-bond acceptors (Lipinski definition) is 10.